The van der Waals surface area contributed by atoms with Crippen LogP contribution in [0.15, 0.2) is 6.07 Å². The first-order valence-corrected chi connectivity index (χ1v) is 5.36. The Labute approximate surface area is 102 Å². The summed E-state index contributed by atoms with van der Waals surface area (Å²) in [5, 5.41) is 8.54. The molecular formula is C9H5BrF4N2O. The molecule has 0 radical (unpaired) electrons. The number of aromatic nitrogens is 1. The van der Waals surface area contributed by atoms with E-state index in [1.807, 2.05) is 0 Å². The number of nitriles is 1. The maximum Gasteiger partial charge on any atom is 0.574 e. The van der Waals surface area contributed by atoms with Crippen molar-refractivity contribution in [3.8, 4) is 11.9 Å². The van der Waals surface area contributed by atoms with Crippen LogP contribution in [0.4, 0.5) is 17.6 Å². The fourth-order valence-corrected chi connectivity index (χ4v) is 1.62. The van der Waals surface area contributed by atoms with Gasteiger partial charge in [-0.2, -0.15) is 14.6 Å². The van der Waals surface area contributed by atoms with Crippen molar-refractivity contribution in [2.75, 3.05) is 0 Å². The lowest BCUT2D eigenvalue weighted by Crippen LogP contribution is -2.18. The average Bonchev–Trinajstić information content (AvgIpc) is 2.19. The van der Waals surface area contributed by atoms with Gasteiger partial charge < -0.3 is 4.74 Å². The van der Waals surface area contributed by atoms with Crippen LogP contribution in [0.2, 0.25) is 0 Å². The summed E-state index contributed by atoms with van der Waals surface area (Å²) in [6.45, 7) is 0. The molecule has 1 aromatic heterocycles. The smallest absolute Gasteiger partial charge is 0.388 e. The standard InChI is InChI=1S/C9H5BrF4N2O/c10-4-5-3-7(17-9(12,13)14)16-8(11)6(5)1-2-15/h3H,1,4H2. The van der Waals surface area contributed by atoms with E-state index in [9.17, 15) is 17.6 Å². The van der Waals surface area contributed by atoms with E-state index in [0.29, 0.717) is 0 Å². The number of halogens is 5. The molecule has 17 heavy (non-hydrogen) atoms. The van der Waals surface area contributed by atoms with Crippen LogP contribution in [0, 0.1) is 17.3 Å². The van der Waals surface area contributed by atoms with E-state index in [-0.39, 0.29) is 22.9 Å². The second-order valence-corrected chi connectivity index (χ2v) is 3.47. The lowest BCUT2D eigenvalue weighted by molar-refractivity contribution is -0.276. The van der Waals surface area contributed by atoms with Gasteiger partial charge in [-0.05, 0) is 5.56 Å². The van der Waals surface area contributed by atoms with Gasteiger partial charge in [0.25, 0.3) is 0 Å². The van der Waals surface area contributed by atoms with E-state index in [4.69, 9.17) is 5.26 Å². The highest BCUT2D eigenvalue weighted by Crippen LogP contribution is 2.25. The summed E-state index contributed by atoms with van der Waals surface area (Å²) >= 11 is 2.99. The number of ether oxygens (including phenoxy) is 1. The van der Waals surface area contributed by atoms with Crippen molar-refractivity contribution in [1.29, 1.82) is 5.26 Å². The summed E-state index contributed by atoms with van der Waals surface area (Å²) in [4.78, 5) is 3.00. The van der Waals surface area contributed by atoms with Gasteiger partial charge in [0.2, 0.25) is 11.8 Å². The molecule has 0 unspecified atom stereocenters. The number of alkyl halides is 4. The molecule has 1 heterocycles. The molecule has 0 saturated carbocycles. The lowest BCUT2D eigenvalue weighted by Gasteiger charge is -2.11. The van der Waals surface area contributed by atoms with Crippen LogP contribution in [0.5, 0.6) is 5.88 Å². The third-order valence-electron chi connectivity index (χ3n) is 1.76. The molecule has 0 fully saturated rings. The Bertz CT molecular complexity index is 456. The van der Waals surface area contributed by atoms with E-state index in [1.165, 1.54) is 0 Å². The second-order valence-electron chi connectivity index (χ2n) is 2.91. The van der Waals surface area contributed by atoms with Gasteiger partial charge >= 0.3 is 6.36 Å². The molecular weight excluding hydrogens is 308 g/mol. The SMILES string of the molecule is N#CCc1c(CBr)cc(OC(F)(F)F)nc1F. The van der Waals surface area contributed by atoms with Crippen LogP contribution in [0.25, 0.3) is 0 Å². The molecule has 0 aliphatic carbocycles. The summed E-state index contributed by atoms with van der Waals surface area (Å²) in [6.07, 6.45) is -5.20. The van der Waals surface area contributed by atoms with Crippen molar-refractivity contribution in [2.45, 2.75) is 18.1 Å². The van der Waals surface area contributed by atoms with Crippen LogP contribution < -0.4 is 4.74 Å². The first-order valence-electron chi connectivity index (χ1n) is 4.24. The van der Waals surface area contributed by atoms with Crippen LogP contribution in [0.3, 0.4) is 0 Å². The minimum Gasteiger partial charge on any atom is -0.388 e. The van der Waals surface area contributed by atoms with Crippen molar-refractivity contribution in [2.24, 2.45) is 0 Å². The summed E-state index contributed by atoms with van der Waals surface area (Å²) in [7, 11) is 0. The molecule has 0 bridgehead atoms. The van der Waals surface area contributed by atoms with Crippen LogP contribution >= 0.6 is 15.9 Å². The zero-order valence-corrected chi connectivity index (χ0v) is 9.77. The van der Waals surface area contributed by atoms with E-state index in [0.717, 1.165) is 6.07 Å². The second kappa shape index (κ2) is 5.31. The third-order valence-corrected chi connectivity index (χ3v) is 2.37. The molecule has 0 amide bonds. The van der Waals surface area contributed by atoms with Crippen molar-refractivity contribution >= 4 is 15.9 Å². The number of hydrogen-bond donors (Lipinski definition) is 0. The summed E-state index contributed by atoms with van der Waals surface area (Å²) < 4.78 is 52.6. The Balaban J connectivity index is 3.14. The first kappa shape index (κ1) is 13.7. The molecule has 0 aromatic carbocycles. The third kappa shape index (κ3) is 3.85. The minimum absolute atomic E-state index is 0.0427. The molecule has 0 saturated heterocycles. The van der Waals surface area contributed by atoms with Crippen molar-refractivity contribution in [1.82, 2.24) is 4.98 Å². The van der Waals surface area contributed by atoms with Gasteiger partial charge in [-0.15, -0.1) is 13.2 Å². The first-order chi connectivity index (χ1) is 7.87. The number of nitrogens with zero attached hydrogens (tertiary/aromatic N) is 2. The average molecular weight is 313 g/mol. The van der Waals surface area contributed by atoms with Crippen LogP contribution in [0.1, 0.15) is 11.1 Å². The number of rotatable bonds is 3. The van der Waals surface area contributed by atoms with E-state index in [2.05, 4.69) is 25.7 Å². The van der Waals surface area contributed by atoms with Gasteiger partial charge in [0.15, 0.2) is 0 Å². The fraction of sp³-hybridized carbons (Fsp3) is 0.333. The predicted octanol–water partition coefficient (Wildman–Crippen LogP) is 3.08. The number of hydrogen-bond acceptors (Lipinski definition) is 3. The highest BCUT2D eigenvalue weighted by molar-refractivity contribution is 9.08. The molecule has 0 spiro atoms. The van der Waals surface area contributed by atoms with Gasteiger partial charge in [0, 0.05) is 17.0 Å². The maximum absolute atomic E-state index is 13.3. The molecule has 0 N–H and O–H groups in total. The van der Waals surface area contributed by atoms with Gasteiger partial charge in [-0.25, -0.2) is 0 Å². The molecule has 1 aromatic rings. The van der Waals surface area contributed by atoms with Gasteiger partial charge in [0.1, 0.15) is 0 Å². The normalized spacial score (nSPS) is 11.1. The molecule has 3 nitrogen and oxygen atoms in total. The van der Waals surface area contributed by atoms with E-state index in [1.54, 1.807) is 6.07 Å². The van der Waals surface area contributed by atoms with Crippen molar-refractivity contribution in [3.05, 3.63) is 23.1 Å². The molecule has 0 aliphatic heterocycles. The Morgan fingerprint density at radius 1 is 1.47 bits per heavy atom. The van der Waals surface area contributed by atoms with Crippen LogP contribution in [-0.2, 0) is 11.8 Å². The quantitative estimate of drug-likeness (QED) is 0.489. The molecule has 0 atom stereocenters. The largest absolute Gasteiger partial charge is 0.574 e. The molecule has 1 rings (SSSR count). The van der Waals surface area contributed by atoms with E-state index >= 15 is 0 Å². The van der Waals surface area contributed by atoms with Gasteiger partial charge in [0.05, 0.1) is 12.5 Å². The molecule has 8 heteroatoms. The molecule has 0 aliphatic rings. The maximum atomic E-state index is 13.3. The van der Waals surface area contributed by atoms with E-state index < -0.39 is 18.2 Å². The van der Waals surface area contributed by atoms with Gasteiger partial charge in [-0.3, -0.25) is 0 Å². The fourth-order valence-electron chi connectivity index (χ4n) is 1.12. The highest BCUT2D eigenvalue weighted by Gasteiger charge is 2.32. The Kier molecular flexibility index (Phi) is 4.28. The summed E-state index contributed by atoms with van der Waals surface area (Å²) in [5.41, 5.74) is 0.150. The van der Waals surface area contributed by atoms with Crippen molar-refractivity contribution in [3.63, 3.8) is 0 Å². The predicted molar refractivity (Wildman–Crippen MR) is 52.8 cm³/mol. The highest BCUT2D eigenvalue weighted by atomic mass is 79.9. The summed E-state index contributed by atoms with van der Waals surface area (Å²) in [6, 6.07) is 2.65. The summed E-state index contributed by atoms with van der Waals surface area (Å²) in [5.74, 6) is -2.02. The topological polar surface area (TPSA) is 45.9 Å². The van der Waals surface area contributed by atoms with Crippen molar-refractivity contribution < 1.29 is 22.3 Å². The monoisotopic (exact) mass is 312 g/mol. The Hall–Kier alpha value is -1.36. The Morgan fingerprint density at radius 2 is 2.12 bits per heavy atom. The lowest BCUT2D eigenvalue weighted by atomic mass is 10.1. The minimum atomic E-state index is -4.93. The van der Waals surface area contributed by atoms with Crippen LogP contribution in [-0.4, -0.2) is 11.3 Å². The number of pyridine rings is 1. The Morgan fingerprint density at radius 3 is 2.59 bits per heavy atom. The zero-order valence-electron chi connectivity index (χ0n) is 8.18. The zero-order chi connectivity index (χ0) is 13.1. The van der Waals surface area contributed by atoms with Gasteiger partial charge in [-0.1, -0.05) is 15.9 Å². The molecule has 92 valence electrons.